The zero-order valence-electron chi connectivity index (χ0n) is 17.8. The molecule has 1 N–H and O–H groups in total. The van der Waals surface area contributed by atoms with E-state index in [1.807, 2.05) is 30.3 Å². The number of amides is 1. The number of thioether (sulfide) groups is 1. The normalized spacial score (nSPS) is 14.6. The lowest BCUT2D eigenvalue weighted by atomic mass is 10.0. The van der Waals surface area contributed by atoms with Gasteiger partial charge in [-0.3, -0.25) is 23.9 Å². The van der Waals surface area contributed by atoms with Crippen molar-refractivity contribution < 1.29 is 19.1 Å². The molecule has 0 saturated carbocycles. The number of aromatic hydroxyl groups is 1. The van der Waals surface area contributed by atoms with E-state index in [1.165, 1.54) is 13.2 Å². The van der Waals surface area contributed by atoms with Crippen LogP contribution in [0.15, 0.2) is 62.8 Å². The van der Waals surface area contributed by atoms with E-state index in [0.29, 0.717) is 10.7 Å². The highest BCUT2D eigenvalue weighted by Gasteiger charge is 2.35. The summed E-state index contributed by atoms with van der Waals surface area (Å²) in [6.45, 7) is 0.784. The summed E-state index contributed by atoms with van der Waals surface area (Å²) in [4.78, 5) is 40.4. The summed E-state index contributed by atoms with van der Waals surface area (Å²) in [6, 6.07) is 14.2. The fraction of sp³-hybridized carbons (Fsp3) is 0.125. The van der Waals surface area contributed by atoms with Gasteiger partial charge >= 0.3 is 0 Å². The van der Waals surface area contributed by atoms with Crippen molar-refractivity contribution in [2.45, 2.75) is 13.5 Å². The van der Waals surface area contributed by atoms with Crippen LogP contribution in [0.2, 0.25) is 0 Å². The summed E-state index contributed by atoms with van der Waals surface area (Å²) in [5.74, 6) is -1.34. The lowest BCUT2D eigenvalue weighted by Gasteiger charge is -2.18. The number of rotatable bonds is 6. The first-order chi connectivity index (χ1) is 16.3. The molecule has 1 aliphatic heterocycles. The Labute approximate surface area is 203 Å². The predicted octanol–water partition coefficient (Wildman–Crippen LogP) is 3.46. The van der Waals surface area contributed by atoms with Crippen molar-refractivity contribution in [3.05, 3.63) is 92.0 Å². The number of carbonyl (C=O) groups excluding carboxylic acids is 2. The van der Waals surface area contributed by atoms with E-state index >= 15 is 0 Å². The molecular formula is C24H17N3O5S2. The number of hydrogen-bond acceptors (Lipinski definition) is 8. The summed E-state index contributed by atoms with van der Waals surface area (Å²) in [5, 5.41) is 20.3. The van der Waals surface area contributed by atoms with Crippen LogP contribution in [-0.2, 0) is 11.3 Å². The number of Topliss-reactive ketones (excluding diaryl/α,β-unsaturated/α-hetero) is 1. The topological polar surface area (TPSA) is 117 Å². The molecule has 0 radical (unpaired) electrons. The standard InChI is InChI=1S/C24H17N3O5S2/c1-14-17(11-25)21(29)26(12-16-8-5-9-32-16)23(31)20(14)18(28)13-27-22(30)19(34-24(27)33)10-15-6-3-2-4-7-15/h2-10,31H,12-13H2,1H3/b19-10-. The van der Waals surface area contributed by atoms with Gasteiger partial charge in [0.25, 0.3) is 11.5 Å². The second kappa shape index (κ2) is 9.51. The fourth-order valence-electron chi connectivity index (χ4n) is 3.55. The Morgan fingerprint density at radius 1 is 1.24 bits per heavy atom. The summed E-state index contributed by atoms with van der Waals surface area (Å²) in [5.41, 5.74) is -0.393. The first-order valence-corrected chi connectivity index (χ1v) is 11.3. The summed E-state index contributed by atoms with van der Waals surface area (Å²) >= 11 is 6.38. The third kappa shape index (κ3) is 4.31. The van der Waals surface area contributed by atoms with Gasteiger partial charge in [0, 0.05) is 0 Å². The Morgan fingerprint density at radius 3 is 2.62 bits per heavy atom. The van der Waals surface area contributed by atoms with Crippen LogP contribution in [0.1, 0.15) is 32.8 Å². The van der Waals surface area contributed by atoms with E-state index in [0.717, 1.165) is 26.8 Å². The lowest BCUT2D eigenvalue weighted by Crippen LogP contribution is -2.35. The summed E-state index contributed by atoms with van der Waals surface area (Å²) in [6.07, 6.45) is 3.09. The first kappa shape index (κ1) is 23.2. The quantitative estimate of drug-likeness (QED) is 0.317. The van der Waals surface area contributed by atoms with E-state index in [9.17, 15) is 24.8 Å². The largest absolute Gasteiger partial charge is 0.494 e. The molecule has 170 valence electrons. The molecule has 1 amide bonds. The molecular weight excluding hydrogens is 474 g/mol. The van der Waals surface area contributed by atoms with Crippen LogP contribution < -0.4 is 5.56 Å². The molecule has 8 nitrogen and oxygen atoms in total. The molecule has 0 atom stereocenters. The monoisotopic (exact) mass is 491 g/mol. The maximum Gasteiger partial charge on any atom is 0.271 e. The van der Waals surface area contributed by atoms with E-state index in [-0.39, 0.29) is 27.6 Å². The van der Waals surface area contributed by atoms with E-state index in [2.05, 4.69) is 0 Å². The number of nitrogens with zero attached hydrogens (tertiary/aromatic N) is 3. The molecule has 4 rings (SSSR count). The molecule has 1 saturated heterocycles. The van der Waals surface area contributed by atoms with Gasteiger partial charge in [-0.25, -0.2) is 0 Å². The van der Waals surface area contributed by atoms with E-state index in [4.69, 9.17) is 16.6 Å². The van der Waals surface area contributed by atoms with Crippen LogP contribution in [0, 0.1) is 18.3 Å². The minimum absolute atomic E-state index is 0.0379. The van der Waals surface area contributed by atoms with Crippen LogP contribution in [0.4, 0.5) is 0 Å². The highest BCUT2D eigenvalue weighted by molar-refractivity contribution is 8.26. The average molecular weight is 492 g/mol. The lowest BCUT2D eigenvalue weighted by molar-refractivity contribution is -0.121. The van der Waals surface area contributed by atoms with Crippen molar-refractivity contribution in [2.24, 2.45) is 0 Å². The third-order valence-electron chi connectivity index (χ3n) is 5.25. The van der Waals surface area contributed by atoms with Crippen LogP contribution >= 0.6 is 24.0 Å². The zero-order valence-corrected chi connectivity index (χ0v) is 19.5. The number of benzene rings is 1. The maximum absolute atomic E-state index is 13.2. The van der Waals surface area contributed by atoms with Crippen LogP contribution in [0.25, 0.3) is 6.08 Å². The zero-order chi connectivity index (χ0) is 24.4. The Balaban J connectivity index is 1.67. The summed E-state index contributed by atoms with van der Waals surface area (Å²) < 4.78 is 6.33. The van der Waals surface area contributed by atoms with Gasteiger partial charge in [-0.1, -0.05) is 54.3 Å². The van der Waals surface area contributed by atoms with Crippen LogP contribution in [-0.4, -0.2) is 37.1 Å². The van der Waals surface area contributed by atoms with Gasteiger partial charge in [0.1, 0.15) is 21.7 Å². The maximum atomic E-state index is 13.2. The number of carbonyl (C=O) groups is 2. The number of furan rings is 1. The molecule has 1 aromatic carbocycles. The molecule has 10 heteroatoms. The van der Waals surface area contributed by atoms with Crippen molar-refractivity contribution in [3.63, 3.8) is 0 Å². The predicted molar refractivity (Wildman–Crippen MR) is 130 cm³/mol. The molecule has 34 heavy (non-hydrogen) atoms. The number of thiocarbonyl (C=S) groups is 1. The van der Waals surface area contributed by atoms with Crippen LogP contribution in [0.5, 0.6) is 5.88 Å². The molecule has 0 bridgehead atoms. The highest BCUT2D eigenvalue weighted by Crippen LogP contribution is 2.33. The Kier molecular flexibility index (Phi) is 6.49. The minimum atomic E-state index is -0.748. The number of nitriles is 1. The average Bonchev–Trinajstić information content (AvgIpc) is 3.42. The van der Waals surface area contributed by atoms with Gasteiger partial charge < -0.3 is 9.52 Å². The van der Waals surface area contributed by atoms with Crippen molar-refractivity contribution in [3.8, 4) is 11.9 Å². The third-order valence-corrected chi connectivity index (χ3v) is 6.62. The molecule has 0 spiro atoms. The van der Waals surface area contributed by atoms with Gasteiger partial charge in [-0.2, -0.15) is 5.26 Å². The van der Waals surface area contributed by atoms with Crippen molar-refractivity contribution in [1.82, 2.24) is 9.47 Å². The number of ketones is 1. The molecule has 0 aliphatic carbocycles. The van der Waals surface area contributed by atoms with Gasteiger partial charge in [-0.05, 0) is 36.3 Å². The van der Waals surface area contributed by atoms with Crippen molar-refractivity contribution in [1.29, 1.82) is 5.26 Å². The molecule has 0 unspecified atom stereocenters. The molecule has 1 aliphatic rings. The smallest absolute Gasteiger partial charge is 0.271 e. The first-order valence-electron chi connectivity index (χ1n) is 10.0. The fourth-order valence-corrected chi connectivity index (χ4v) is 4.80. The minimum Gasteiger partial charge on any atom is -0.494 e. The summed E-state index contributed by atoms with van der Waals surface area (Å²) in [7, 11) is 0. The number of pyridine rings is 1. The highest BCUT2D eigenvalue weighted by atomic mass is 32.2. The second-order valence-electron chi connectivity index (χ2n) is 7.38. The molecule has 3 heterocycles. The van der Waals surface area contributed by atoms with Crippen LogP contribution in [0.3, 0.4) is 0 Å². The SMILES string of the molecule is Cc1c(C(=O)CN2C(=O)/C(=C/c3ccccc3)SC2=S)c(O)n(Cc2ccco2)c(=O)c1C#N. The van der Waals surface area contributed by atoms with Crippen molar-refractivity contribution >= 4 is 46.1 Å². The van der Waals surface area contributed by atoms with Gasteiger partial charge in [0.05, 0.1) is 29.8 Å². The van der Waals surface area contributed by atoms with E-state index < -0.39 is 29.7 Å². The second-order valence-corrected chi connectivity index (χ2v) is 9.06. The molecule has 1 fully saturated rings. The van der Waals surface area contributed by atoms with Gasteiger partial charge in [0.2, 0.25) is 5.88 Å². The van der Waals surface area contributed by atoms with Gasteiger partial charge in [0.15, 0.2) is 5.78 Å². The molecule has 3 aromatic rings. The Hall–Kier alpha value is -3.94. The Morgan fingerprint density at radius 2 is 1.97 bits per heavy atom. The molecule has 2 aromatic heterocycles. The van der Waals surface area contributed by atoms with E-state index in [1.54, 1.807) is 24.3 Å². The van der Waals surface area contributed by atoms with Gasteiger partial charge in [-0.15, -0.1) is 0 Å². The van der Waals surface area contributed by atoms with Crippen molar-refractivity contribution in [2.75, 3.05) is 6.54 Å². The number of hydrogen-bond donors (Lipinski definition) is 1. The number of aromatic nitrogens is 1. The Bertz CT molecular complexity index is 1430.